The molecule has 0 aliphatic carbocycles. The first-order valence-electron chi connectivity index (χ1n) is 5.32. The van der Waals surface area contributed by atoms with Crippen LogP contribution in [0.4, 0.5) is 0 Å². The summed E-state index contributed by atoms with van der Waals surface area (Å²) in [7, 11) is 0. The Morgan fingerprint density at radius 3 is 2.67 bits per heavy atom. The Morgan fingerprint density at radius 1 is 1.40 bits per heavy atom. The molecular weight excluding hydrogens is 186 g/mol. The molecule has 1 rings (SSSR count). The number of nitrogens with zero attached hydrogens (tertiary/aromatic N) is 1. The van der Waals surface area contributed by atoms with Crippen LogP contribution in [0.25, 0.3) is 0 Å². The Bertz CT molecular complexity index is 306. The van der Waals surface area contributed by atoms with Crippen molar-refractivity contribution in [2.45, 2.75) is 26.3 Å². The molecular formula is C12H19N3. The third-order valence-electron chi connectivity index (χ3n) is 2.11. The van der Waals surface area contributed by atoms with Crippen molar-refractivity contribution < 1.29 is 0 Å². The molecule has 0 saturated heterocycles. The van der Waals surface area contributed by atoms with Crippen molar-refractivity contribution in [3.8, 4) is 0 Å². The summed E-state index contributed by atoms with van der Waals surface area (Å²) in [5, 5.41) is 3.16. The van der Waals surface area contributed by atoms with Crippen LogP contribution in [0, 0.1) is 0 Å². The van der Waals surface area contributed by atoms with Gasteiger partial charge in [0.1, 0.15) is 0 Å². The van der Waals surface area contributed by atoms with Gasteiger partial charge in [-0.15, -0.1) is 0 Å². The molecule has 0 amide bonds. The van der Waals surface area contributed by atoms with Gasteiger partial charge >= 0.3 is 0 Å². The van der Waals surface area contributed by atoms with Gasteiger partial charge in [-0.1, -0.05) is 30.3 Å². The van der Waals surface area contributed by atoms with Crippen LogP contribution in [0.15, 0.2) is 35.3 Å². The first-order chi connectivity index (χ1) is 7.22. The SMILES string of the molecule is CCN=C(N)NC(C)Cc1ccccc1. The third-order valence-corrected chi connectivity index (χ3v) is 2.11. The molecule has 3 heteroatoms. The van der Waals surface area contributed by atoms with Crippen LogP contribution in [0.5, 0.6) is 0 Å². The van der Waals surface area contributed by atoms with E-state index in [0.717, 1.165) is 13.0 Å². The number of hydrogen-bond donors (Lipinski definition) is 2. The monoisotopic (exact) mass is 205 g/mol. The molecule has 0 aliphatic heterocycles. The molecule has 1 aromatic carbocycles. The highest BCUT2D eigenvalue weighted by Crippen LogP contribution is 2.02. The van der Waals surface area contributed by atoms with E-state index >= 15 is 0 Å². The minimum absolute atomic E-state index is 0.308. The summed E-state index contributed by atoms with van der Waals surface area (Å²) >= 11 is 0. The Hall–Kier alpha value is -1.51. The highest BCUT2D eigenvalue weighted by atomic mass is 15.1. The van der Waals surface area contributed by atoms with E-state index in [4.69, 9.17) is 5.73 Å². The highest BCUT2D eigenvalue weighted by molar-refractivity contribution is 5.78. The second kappa shape index (κ2) is 6.06. The average Bonchev–Trinajstić information content (AvgIpc) is 2.19. The van der Waals surface area contributed by atoms with Crippen molar-refractivity contribution in [2.75, 3.05) is 6.54 Å². The van der Waals surface area contributed by atoms with E-state index in [1.54, 1.807) is 0 Å². The van der Waals surface area contributed by atoms with E-state index in [2.05, 4.69) is 29.4 Å². The first-order valence-corrected chi connectivity index (χ1v) is 5.32. The highest BCUT2D eigenvalue weighted by Gasteiger charge is 2.03. The average molecular weight is 205 g/mol. The molecule has 0 spiro atoms. The van der Waals surface area contributed by atoms with Crippen molar-refractivity contribution in [2.24, 2.45) is 10.7 Å². The Labute approximate surface area is 91.4 Å². The molecule has 0 radical (unpaired) electrons. The van der Waals surface area contributed by atoms with Crippen LogP contribution in [-0.4, -0.2) is 18.5 Å². The zero-order chi connectivity index (χ0) is 11.1. The number of rotatable bonds is 4. The van der Waals surface area contributed by atoms with Gasteiger partial charge in [-0.25, -0.2) is 0 Å². The maximum Gasteiger partial charge on any atom is 0.188 e. The van der Waals surface area contributed by atoms with Crippen molar-refractivity contribution in [1.29, 1.82) is 0 Å². The molecule has 0 aliphatic rings. The van der Waals surface area contributed by atoms with E-state index in [9.17, 15) is 0 Å². The number of nitrogens with one attached hydrogen (secondary N) is 1. The van der Waals surface area contributed by atoms with Crippen LogP contribution in [0.3, 0.4) is 0 Å². The summed E-state index contributed by atoms with van der Waals surface area (Å²) in [6, 6.07) is 10.7. The predicted octanol–water partition coefficient (Wildman–Crippen LogP) is 1.54. The lowest BCUT2D eigenvalue weighted by Crippen LogP contribution is -2.39. The minimum atomic E-state index is 0.308. The zero-order valence-corrected chi connectivity index (χ0v) is 9.40. The van der Waals surface area contributed by atoms with E-state index in [1.807, 2.05) is 25.1 Å². The van der Waals surface area contributed by atoms with Crippen molar-refractivity contribution in [3.63, 3.8) is 0 Å². The maximum atomic E-state index is 5.68. The molecule has 0 bridgehead atoms. The van der Waals surface area contributed by atoms with Crippen LogP contribution in [0.2, 0.25) is 0 Å². The Morgan fingerprint density at radius 2 is 2.07 bits per heavy atom. The lowest BCUT2D eigenvalue weighted by atomic mass is 10.1. The number of benzene rings is 1. The standard InChI is InChI=1S/C12H19N3/c1-3-14-12(13)15-10(2)9-11-7-5-4-6-8-11/h4-8,10H,3,9H2,1-2H3,(H3,13,14,15). The van der Waals surface area contributed by atoms with Gasteiger partial charge in [-0.2, -0.15) is 0 Å². The molecule has 15 heavy (non-hydrogen) atoms. The van der Waals surface area contributed by atoms with E-state index in [0.29, 0.717) is 12.0 Å². The van der Waals surface area contributed by atoms with Gasteiger partial charge in [-0.05, 0) is 25.8 Å². The van der Waals surface area contributed by atoms with Gasteiger partial charge in [0, 0.05) is 12.6 Å². The summed E-state index contributed by atoms with van der Waals surface area (Å²) in [5.41, 5.74) is 6.98. The third kappa shape index (κ3) is 4.49. The van der Waals surface area contributed by atoms with Crippen LogP contribution in [-0.2, 0) is 6.42 Å². The lowest BCUT2D eigenvalue weighted by Gasteiger charge is -2.14. The van der Waals surface area contributed by atoms with Gasteiger partial charge in [-0.3, -0.25) is 4.99 Å². The van der Waals surface area contributed by atoms with Crippen molar-refractivity contribution in [1.82, 2.24) is 5.32 Å². The molecule has 3 N–H and O–H groups in total. The fraction of sp³-hybridized carbons (Fsp3) is 0.417. The number of aliphatic imine (C=N–C) groups is 1. The summed E-state index contributed by atoms with van der Waals surface area (Å²) in [6.07, 6.45) is 0.959. The minimum Gasteiger partial charge on any atom is -0.370 e. The second-order valence-electron chi connectivity index (χ2n) is 3.59. The number of hydrogen-bond acceptors (Lipinski definition) is 1. The topological polar surface area (TPSA) is 50.4 Å². The van der Waals surface area contributed by atoms with Gasteiger partial charge in [0.25, 0.3) is 0 Å². The number of guanidine groups is 1. The van der Waals surface area contributed by atoms with Gasteiger partial charge in [0.05, 0.1) is 0 Å². The first kappa shape index (κ1) is 11.6. The molecule has 0 aromatic heterocycles. The molecule has 1 atom stereocenters. The smallest absolute Gasteiger partial charge is 0.188 e. The molecule has 82 valence electrons. The fourth-order valence-electron chi connectivity index (χ4n) is 1.49. The zero-order valence-electron chi connectivity index (χ0n) is 9.40. The summed E-state index contributed by atoms with van der Waals surface area (Å²) in [4.78, 5) is 4.09. The molecule has 1 aromatic rings. The Balaban J connectivity index is 2.43. The van der Waals surface area contributed by atoms with E-state index < -0.39 is 0 Å². The molecule has 0 heterocycles. The summed E-state index contributed by atoms with van der Waals surface area (Å²) in [5.74, 6) is 0.529. The molecule has 0 saturated carbocycles. The van der Waals surface area contributed by atoms with Gasteiger partial charge < -0.3 is 11.1 Å². The fourth-order valence-corrected chi connectivity index (χ4v) is 1.49. The largest absolute Gasteiger partial charge is 0.370 e. The summed E-state index contributed by atoms with van der Waals surface area (Å²) in [6.45, 7) is 4.79. The van der Waals surface area contributed by atoms with Crippen molar-refractivity contribution in [3.05, 3.63) is 35.9 Å². The lowest BCUT2D eigenvalue weighted by molar-refractivity contribution is 0.655. The quantitative estimate of drug-likeness (QED) is 0.578. The summed E-state index contributed by atoms with van der Waals surface area (Å²) < 4.78 is 0. The molecule has 0 fully saturated rings. The van der Waals surface area contributed by atoms with E-state index in [-0.39, 0.29) is 0 Å². The molecule has 3 nitrogen and oxygen atoms in total. The van der Waals surface area contributed by atoms with Crippen LogP contribution in [0.1, 0.15) is 19.4 Å². The second-order valence-corrected chi connectivity index (χ2v) is 3.59. The normalized spacial score (nSPS) is 13.6. The van der Waals surface area contributed by atoms with Crippen LogP contribution < -0.4 is 11.1 Å². The van der Waals surface area contributed by atoms with Crippen molar-refractivity contribution >= 4 is 5.96 Å². The van der Waals surface area contributed by atoms with E-state index in [1.165, 1.54) is 5.56 Å². The van der Waals surface area contributed by atoms with Gasteiger partial charge in [0.2, 0.25) is 0 Å². The Kier molecular flexibility index (Phi) is 4.68. The van der Waals surface area contributed by atoms with Gasteiger partial charge in [0.15, 0.2) is 5.96 Å². The maximum absolute atomic E-state index is 5.68. The van der Waals surface area contributed by atoms with Crippen LogP contribution >= 0.6 is 0 Å². The molecule has 1 unspecified atom stereocenters. The number of nitrogens with two attached hydrogens (primary N) is 1. The predicted molar refractivity (Wildman–Crippen MR) is 64.9 cm³/mol.